The Morgan fingerprint density at radius 2 is 1.84 bits per heavy atom. The highest BCUT2D eigenvalue weighted by atomic mass is 32.2. The van der Waals surface area contributed by atoms with Crippen molar-refractivity contribution >= 4 is 32.7 Å². The highest BCUT2D eigenvalue weighted by Crippen LogP contribution is 2.31. The number of fused-ring (bicyclic) bond motifs is 1. The third-order valence-corrected chi connectivity index (χ3v) is 7.77. The molecule has 0 aliphatic carbocycles. The Morgan fingerprint density at radius 1 is 1.05 bits per heavy atom. The van der Waals surface area contributed by atoms with Gasteiger partial charge in [-0.2, -0.15) is 0 Å². The lowest BCUT2D eigenvalue weighted by molar-refractivity contribution is 0.254. The molecule has 4 aromatic rings. The van der Waals surface area contributed by atoms with E-state index in [-0.39, 0.29) is 22.5 Å². The van der Waals surface area contributed by atoms with Crippen LogP contribution in [0.4, 0.5) is 20.4 Å². The Bertz CT molecular complexity index is 1570. The van der Waals surface area contributed by atoms with Gasteiger partial charge in [0.25, 0.3) is 10.0 Å². The summed E-state index contributed by atoms with van der Waals surface area (Å²) in [6.45, 7) is 5.02. The summed E-state index contributed by atoms with van der Waals surface area (Å²) in [7, 11) is -3.93. The summed E-state index contributed by atoms with van der Waals surface area (Å²) in [5.74, 6) is -0.246. The first-order chi connectivity index (χ1) is 18.2. The molecule has 8 nitrogen and oxygen atoms in total. The summed E-state index contributed by atoms with van der Waals surface area (Å²) in [6, 6.07) is 13.8. The van der Waals surface area contributed by atoms with Gasteiger partial charge in [0, 0.05) is 31.1 Å². The van der Waals surface area contributed by atoms with Crippen LogP contribution in [0.1, 0.15) is 31.7 Å². The van der Waals surface area contributed by atoms with E-state index in [1.54, 1.807) is 30.5 Å². The van der Waals surface area contributed by atoms with Crippen molar-refractivity contribution in [1.29, 1.82) is 0 Å². The largest absolute Gasteiger partial charge is 0.350 e. The zero-order chi connectivity index (χ0) is 26.9. The molecule has 0 spiro atoms. The number of nitrogens with zero attached hydrogens (tertiary/aromatic N) is 3. The second-order valence-corrected chi connectivity index (χ2v) is 11.3. The Morgan fingerprint density at radius 3 is 2.55 bits per heavy atom. The number of anilines is 2. The van der Waals surface area contributed by atoms with Gasteiger partial charge in [-0.3, -0.25) is 4.72 Å². The maximum Gasteiger partial charge on any atom is 0.261 e. The van der Waals surface area contributed by atoms with Gasteiger partial charge in [-0.25, -0.2) is 32.2 Å². The molecule has 2 atom stereocenters. The normalized spacial score (nSPS) is 18.0. The van der Waals surface area contributed by atoms with Crippen LogP contribution in [0.25, 0.3) is 22.3 Å². The van der Waals surface area contributed by atoms with E-state index in [1.807, 2.05) is 19.9 Å². The predicted molar refractivity (Wildman–Crippen MR) is 144 cm³/mol. The quantitative estimate of drug-likeness (QED) is 0.308. The van der Waals surface area contributed by atoms with Gasteiger partial charge >= 0.3 is 0 Å². The molecule has 0 bridgehead atoms. The summed E-state index contributed by atoms with van der Waals surface area (Å²) in [6.07, 6.45) is 1.06. The number of aromatic nitrogens is 3. The predicted octanol–water partition coefficient (Wildman–Crippen LogP) is 4.87. The lowest BCUT2D eigenvalue weighted by Crippen LogP contribution is -2.44. The molecule has 38 heavy (non-hydrogen) atoms. The summed E-state index contributed by atoms with van der Waals surface area (Å²) in [5.41, 5.74) is 2.94. The van der Waals surface area contributed by atoms with Gasteiger partial charge in [0.05, 0.1) is 28.0 Å². The number of nitrogens with one attached hydrogen (secondary N) is 3. The zero-order valence-electron chi connectivity index (χ0n) is 20.9. The van der Waals surface area contributed by atoms with Gasteiger partial charge in [-0.15, -0.1) is 0 Å². The molecule has 198 valence electrons. The minimum Gasteiger partial charge on any atom is -0.350 e. The Labute approximate surface area is 220 Å². The lowest BCUT2D eigenvalue weighted by atomic mass is 9.99. The highest BCUT2D eigenvalue weighted by molar-refractivity contribution is 7.92. The Hall–Kier alpha value is -3.70. The van der Waals surface area contributed by atoms with Crippen molar-refractivity contribution in [2.75, 3.05) is 23.1 Å². The molecule has 2 aromatic carbocycles. The Kier molecular flexibility index (Phi) is 7.22. The molecule has 0 radical (unpaired) electrons. The van der Waals surface area contributed by atoms with Gasteiger partial charge in [0.2, 0.25) is 5.95 Å². The molecule has 0 amide bonds. The first-order valence-corrected chi connectivity index (χ1v) is 13.8. The van der Waals surface area contributed by atoms with Crippen LogP contribution >= 0.6 is 0 Å². The molecule has 1 saturated heterocycles. The van der Waals surface area contributed by atoms with Crippen molar-refractivity contribution < 1.29 is 17.2 Å². The maximum atomic E-state index is 15.0. The van der Waals surface area contributed by atoms with Crippen molar-refractivity contribution in [3.63, 3.8) is 0 Å². The van der Waals surface area contributed by atoms with Gasteiger partial charge in [-0.05, 0) is 41.8 Å². The number of hydrogen-bond acceptors (Lipinski definition) is 7. The molecule has 1 aliphatic rings. The summed E-state index contributed by atoms with van der Waals surface area (Å²) in [4.78, 5) is 13.7. The van der Waals surface area contributed by atoms with Crippen LogP contribution in [0.5, 0.6) is 0 Å². The number of benzene rings is 2. The molecular formula is C27H28F2N6O2S. The summed E-state index contributed by atoms with van der Waals surface area (Å²) in [5, 5.41) is 6.25. The van der Waals surface area contributed by atoms with Crippen molar-refractivity contribution in [2.45, 2.75) is 43.3 Å². The van der Waals surface area contributed by atoms with Gasteiger partial charge in [0.1, 0.15) is 17.5 Å². The van der Waals surface area contributed by atoms with E-state index in [9.17, 15) is 12.8 Å². The lowest BCUT2D eigenvalue weighted by Gasteiger charge is -2.26. The number of halogens is 2. The van der Waals surface area contributed by atoms with Crippen molar-refractivity contribution in [2.24, 2.45) is 0 Å². The second-order valence-electron chi connectivity index (χ2n) is 9.62. The van der Waals surface area contributed by atoms with E-state index >= 15 is 4.39 Å². The number of rotatable bonds is 7. The van der Waals surface area contributed by atoms with E-state index in [0.717, 1.165) is 5.56 Å². The fourth-order valence-electron chi connectivity index (χ4n) is 4.45. The van der Waals surface area contributed by atoms with Crippen LogP contribution in [-0.2, 0) is 10.0 Å². The molecular weight excluding hydrogens is 510 g/mol. The van der Waals surface area contributed by atoms with Gasteiger partial charge in [0.15, 0.2) is 0 Å². The number of alkyl halides is 1. The molecule has 0 unspecified atom stereocenters. The van der Waals surface area contributed by atoms with E-state index in [0.29, 0.717) is 47.7 Å². The number of pyridine rings is 1. The first-order valence-electron chi connectivity index (χ1n) is 12.4. The van der Waals surface area contributed by atoms with Crippen molar-refractivity contribution in [3.8, 4) is 11.3 Å². The van der Waals surface area contributed by atoms with E-state index < -0.39 is 22.0 Å². The molecule has 2 aromatic heterocycles. The van der Waals surface area contributed by atoms with Crippen molar-refractivity contribution in [3.05, 3.63) is 72.2 Å². The monoisotopic (exact) mass is 538 g/mol. The van der Waals surface area contributed by atoms with Crippen LogP contribution in [-0.4, -0.2) is 48.7 Å². The van der Waals surface area contributed by atoms with Gasteiger partial charge < -0.3 is 10.6 Å². The fraction of sp³-hybridized carbons (Fsp3) is 0.296. The highest BCUT2D eigenvalue weighted by Gasteiger charge is 2.22. The molecule has 3 N–H and O–H groups in total. The molecule has 1 aliphatic heterocycles. The topological polar surface area (TPSA) is 109 Å². The van der Waals surface area contributed by atoms with Gasteiger partial charge in [-0.1, -0.05) is 38.1 Å². The second kappa shape index (κ2) is 10.6. The number of piperidine rings is 1. The maximum absolute atomic E-state index is 15.0. The minimum absolute atomic E-state index is 0.0411. The third kappa shape index (κ3) is 5.58. The molecule has 0 saturated carbocycles. The standard InChI is InChI=1S/C27H28F2N6O2S/c1-16(2)21-12-24(33-25-15-31-27(34-26(21)25)32-19-11-18(28)13-30-14-19)17-8-9-23(22(29)10-17)35-38(36,37)20-6-4-3-5-7-20/h3-10,12,15-16,18-19,30,35H,11,13-14H2,1-2H3,(H,31,32,34)/t18-,19-/m0/s1. The zero-order valence-corrected chi connectivity index (χ0v) is 21.8. The fourth-order valence-corrected chi connectivity index (χ4v) is 5.54. The molecule has 11 heteroatoms. The third-order valence-electron chi connectivity index (χ3n) is 6.39. The van der Waals surface area contributed by atoms with Crippen LogP contribution in [0, 0.1) is 5.82 Å². The minimum atomic E-state index is -3.93. The number of hydrogen-bond donors (Lipinski definition) is 3. The SMILES string of the molecule is CC(C)c1cc(-c2ccc(NS(=O)(=O)c3ccccc3)c(F)c2)nc2cnc(N[C@@H]3CNC[C@@H](F)C3)nc12. The van der Waals surface area contributed by atoms with E-state index in [1.165, 1.54) is 24.3 Å². The van der Waals surface area contributed by atoms with Crippen LogP contribution in [0.3, 0.4) is 0 Å². The average molecular weight is 539 g/mol. The van der Waals surface area contributed by atoms with E-state index in [4.69, 9.17) is 0 Å². The van der Waals surface area contributed by atoms with Crippen LogP contribution in [0.15, 0.2) is 65.7 Å². The number of sulfonamides is 1. The van der Waals surface area contributed by atoms with E-state index in [2.05, 4.69) is 30.3 Å². The van der Waals surface area contributed by atoms with Crippen molar-refractivity contribution in [1.82, 2.24) is 20.3 Å². The average Bonchev–Trinajstić information content (AvgIpc) is 2.89. The smallest absolute Gasteiger partial charge is 0.261 e. The molecule has 1 fully saturated rings. The Balaban J connectivity index is 1.44. The first kappa shape index (κ1) is 25.9. The molecule has 5 rings (SSSR count). The van der Waals surface area contributed by atoms with Crippen LogP contribution in [0.2, 0.25) is 0 Å². The summed E-state index contributed by atoms with van der Waals surface area (Å²) >= 11 is 0. The van der Waals surface area contributed by atoms with Crippen LogP contribution < -0.4 is 15.4 Å². The summed E-state index contributed by atoms with van der Waals surface area (Å²) < 4.78 is 56.3. The molecule has 3 heterocycles.